The van der Waals surface area contributed by atoms with Crippen LogP contribution in [0.25, 0.3) is 0 Å². The van der Waals surface area contributed by atoms with E-state index in [1.807, 2.05) is 0 Å². The van der Waals surface area contributed by atoms with E-state index in [4.69, 9.17) is 5.73 Å². The molecule has 1 rings (SSSR count). The Morgan fingerprint density at radius 1 is 1.62 bits per heavy atom. The molecule has 1 amide bonds. The molecular weight excluding hydrogens is 200 g/mol. The molecule has 0 heterocycles. The maximum absolute atomic E-state index is 10.9. The van der Waals surface area contributed by atoms with Gasteiger partial charge in [-0.3, -0.25) is 9.69 Å². The predicted molar refractivity (Wildman–Crippen MR) is 67.0 cm³/mol. The highest BCUT2D eigenvalue weighted by Crippen LogP contribution is 2.30. The maximum Gasteiger partial charge on any atom is 0.231 e. The molecule has 0 bridgehead atoms. The first-order chi connectivity index (χ1) is 7.54. The zero-order valence-corrected chi connectivity index (χ0v) is 10.7. The molecule has 0 fully saturated rings. The Balaban J connectivity index is 2.58. The number of carbonyl (C=O) groups excluding carboxylic acids is 1. The summed E-state index contributed by atoms with van der Waals surface area (Å²) in [5.41, 5.74) is 6.72. The van der Waals surface area contributed by atoms with Gasteiger partial charge in [-0.25, -0.2) is 0 Å². The van der Waals surface area contributed by atoms with Crippen LogP contribution in [0.2, 0.25) is 0 Å². The van der Waals surface area contributed by atoms with E-state index in [1.54, 1.807) is 0 Å². The van der Waals surface area contributed by atoms with Crippen molar-refractivity contribution in [1.82, 2.24) is 4.90 Å². The highest BCUT2D eigenvalue weighted by Gasteiger charge is 2.24. The first-order valence-electron chi connectivity index (χ1n) is 6.21. The minimum atomic E-state index is -0.230. The fraction of sp³-hybridized carbons (Fsp3) is 0.769. The lowest BCUT2D eigenvalue weighted by Gasteiger charge is -2.33. The third-order valence-electron chi connectivity index (χ3n) is 3.64. The third kappa shape index (κ3) is 3.63. The summed E-state index contributed by atoms with van der Waals surface area (Å²) in [7, 11) is 0. The van der Waals surface area contributed by atoms with Crippen LogP contribution in [0.1, 0.15) is 33.6 Å². The largest absolute Gasteiger partial charge is 0.369 e. The van der Waals surface area contributed by atoms with Crippen molar-refractivity contribution in [2.45, 2.75) is 33.6 Å². The van der Waals surface area contributed by atoms with Gasteiger partial charge in [0.05, 0.1) is 6.54 Å². The molecule has 3 nitrogen and oxygen atoms in total. The number of primary amides is 1. The second-order valence-corrected chi connectivity index (χ2v) is 4.90. The molecular formula is C13H24N2O. The Bertz CT molecular complexity index is 273. The van der Waals surface area contributed by atoms with Gasteiger partial charge < -0.3 is 5.73 Å². The number of carbonyl (C=O) groups is 1. The van der Waals surface area contributed by atoms with Crippen molar-refractivity contribution < 1.29 is 4.79 Å². The van der Waals surface area contributed by atoms with E-state index in [0.29, 0.717) is 18.4 Å². The molecule has 0 unspecified atom stereocenters. The Morgan fingerprint density at radius 2 is 2.31 bits per heavy atom. The molecule has 0 spiro atoms. The van der Waals surface area contributed by atoms with Crippen molar-refractivity contribution >= 4 is 5.91 Å². The first-order valence-corrected chi connectivity index (χ1v) is 6.21. The van der Waals surface area contributed by atoms with E-state index < -0.39 is 0 Å². The van der Waals surface area contributed by atoms with Crippen molar-refractivity contribution in [2.24, 2.45) is 17.6 Å². The van der Waals surface area contributed by atoms with Crippen LogP contribution < -0.4 is 5.73 Å². The average Bonchev–Trinajstić information content (AvgIpc) is 2.21. The summed E-state index contributed by atoms with van der Waals surface area (Å²) in [5.74, 6) is 1.08. The molecule has 0 aromatic rings. The van der Waals surface area contributed by atoms with Crippen LogP contribution in [0, 0.1) is 11.8 Å². The van der Waals surface area contributed by atoms with Crippen LogP contribution in [-0.4, -0.2) is 30.4 Å². The van der Waals surface area contributed by atoms with Gasteiger partial charge in [0, 0.05) is 6.54 Å². The zero-order valence-electron chi connectivity index (χ0n) is 10.7. The first kappa shape index (κ1) is 13.2. The molecule has 2 N–H and O–H groups in total. The second-order valence-electron chi connectivity index (χ2n) is 4.90. The molecule has 0 radical (unpaired) electrons. The summed E-state index contributed by atoms with van der Waals surface area (Å²) in [5, 5.41) is 0. The summed E-state index contributed by atoms with van der Waals surface area (Å²) < 4.78 is 0. The van der Waals surface area contributed by atoms with Crippen LogP contribution in [0.5, 0.6) is 0 Å². The molecule has 0 saturated carbocycles. The third-order valence-corrected chi connectivity index (χ3v) is 3.64. The molecule has 0 aromatic heterocycles. The van der Waals surface area contributed by atoms with Gasteiger partial charge in [0.2, 0.25) is 5.91 Å². The predicted octanol–water partition coefficient (Wildman–Crippen LogP) is 1.79. The fourth-order valence-electron chi connectivity index (χ4n) is 2.50. The maximum atomic E-state index is 10.9. The number of hydrogen-bond donors (Lipinski definition) is 1. The number of nitrogens with zero attached hydrogens (tertiary/aromatic N) is 1. The normalized spacial score (nSPS) is 25.6. The van der Waals surface area contributed by atoms with E-state index in [-0.39, 0.29) is 5.91 Å². The Labute approximate surface area is 98.7 Å². The summed E-state index contributed by atoms with van der Waals surface area (Å²) >= 11 is 0. The highest BCUT2D eigenvalue weighted by atomic mass is 16.1. The highest BCUT2D eigenvalue weighted by molar-refractivity contribution is 5.75. The monoisotopic (exact) mass is 224 g/mol. The van der Waals surface area contributed by atoms with E-state index >= 15 is 0 Å². The van der Waals surface area contributed by atoms with Crippen molar-refractivity contribution in [1.29, 1.82) is 0 Å². The van der Waals surface area contributed by atoms with E-state index in [9.17, 15) is 4.79 Å². The lowest BCUT2D eigenvalue weighted by molar-refractivity contribution is -0.119. The molecule has 1 aliphatic rings. The van der Waals surface area contributed by atoms with Gasteiger partial charge in [-0.15, -0.1) is 0 Å². The standard InChI is InChI=1S/C13H24N2O/c1-4-15(9-13(14)16)8-12-10(2)6-5-7-11(12)3/h6,11-12H,4-5,7-9H2,1-3H3,(H2,14,16)/t11-,12+/m1/s1. The van der Waals surface area contributed by atoms with Gasteiger partial charge in [-0.05, 0) is 38.1 Å². The van der Waals surface area contributed by atoms with Gasteiger partial charge in [0.15, 0.2) is 0 Å². The van der Waals surface area contributed by atoms with Gasteiger partial charge >= 0.3 is 0 Å². The van der Waals surface area contributed by atoms with Crippen molar-refractivity contribution in [3.63, 3.8) is 0 Å². The number of rotatable bonds is 5. The molecule has 1 aliphatic carbocycles. The summed E-state index contributed by atoms with van der Waals surface area (Å²) in [4.78, 5) is 13.1. The molecule has 16 heavy (non-hydrogen) atoms. The van der Waals surface area contributed by atoms with Gasteiger partial charge in [-0.1, -0.05) is 25.5 Å². The second kappa shape index (κ2) is 6.04. The number of hydrogen-bond acceptors (Lipinski definition) is 2. The smallest absolute Gasteiger partial charge is 0.231 e. The summed E-state index contributed by atoms with van der Waals surface area (Å²) in [6, 6.07) is 0. The summed E-state index contributed by atoms with van der Waals surface area (Å²) in [6.45, 7) is 8.82. The van der Waals surface area contributed by atoms with Gasteiger partial charge in [0.25, 0.3) is 0 Å². The van der Waals surface area contributed by atoms with Crippen LogP contribution in [-0.2, 0) is 4.79 Å². The summed E-state index contributed by atoms with van der Waals surface area (Å²) in [6.07, 6.45) is 4.80. The minimum Gasteiger partial charge on any atom is -0.369 e. The minimum absolute atomic E-state index is 0.230. The number of nitrogens with two attached hydrogens (primary N) is 1. The van der Waals surface area contributed by atoms with Crippen LogP contribution in [0.4, 0.5) is 0 Å². The Hall–Kier alpha value is -0.830. The van der Waals surface area contributed by atoms with Gasteiger partial charge in [0.1, 0.15) is 0 Å². The molecule has 3 heteroatoms. The number of likely N-dealkylation sites (N-methyl/N-ethyl adjacent to an activating group) is 1. The zero-order chi connectivity index (χ0) is 12.1. The molecule has 0 aliphatic heterocycles. The van der Waals surface area contributed by atoms with Gasteiger partial charge in [-0.2, -0.15) is 0 Å². The van der Waals surface area contributed by atoms with Crippen molar-refractivity contribution in [3.8, 4) is 0 Å². The lowest BCUT2D eigenvalue weighted by atomic mass is 9.80. The van der Waals surface area contributed by atoms with Crippen LogP contribution in [0.3, 0.4) is 0 Å². The van der Waals surface area contributed by atoms with Crippen LogP contribution >= 0.6 is 0 Å². The molecule has 0 aromatic carbocycles. The Morgan fingerprint density at radius 3 is 2.81 bits per heavy atom. The SMILES string of the molecule is CCN(CC(N)=O)C[C@H]1C(C)=CCC[C@H]1C. The number of amides is 1. The van der Waals surface area contributed by atoms with E-state index in [1.165, 1.54) is 18.4 Å². The van der Waals surface area contributed by atoms with Crippen molar-refractivity contribution in [2.75, 3.05) is 19.6 Å². The average molecular weight is 224 g/mol. The van der Waals surface area contributed by atoms with E-state index in [2.05, 4.69) is 31.7 Å². The quantitative estimate of drug-likeness (QED) is 0.724. The topological polar surface area (TPSA) is 46.3 Å². The number of allylic oxidation sites excluding steroid dienone is 1. The lowest BCUT2D eigenvalue weighted by Crippen LogP contribution is -2.39. The fourth-order valence-corrected chi connectivity index (χ4v) is 2.50. The Kier molecular flexibility index (Phi) is 5.00. The molecule has 92 valence electrons. The molecule has 2 atom stereocenters. The molecule has 0 saturated heterocycles. The van der Waals surface area contributed by atoms with Crippen LogP contribution in [0.15, 0.2) is 11.6 Å². The van der Waals surface area contributed by atoms with E-state index in [0.717, 1.165) is 13.1 Å². The van der Waals surface area contributed by atoms with Crippen molar-refractivity contribution in [3.05, 3.63) is 11.6 Å².